The number of rotatable bonds is 4. The van der Waals surface area contributed by atoms with E-state index in [1.54, 1.807) is 12.3 Å². The zero-order chi connectivity index (χ0) is 22.3. The van der Waals surface area contributed by atoms with Gasteiger partial charge in [-0.1, -0.05) is 11.8 Å². The first-order valence-corrected chi connectivity index (χ1v) is 9.93. The molecule has 0 spiro atoms. The van der Waals surface area contributed by atoms with Crippen LogP contribution in [0, 0.1) is 17.7 Å². The molecule has 1 aromatic heterocycles. The van der Waals surface area contributed by atoms with Crippen LogP contribution in [0.1, 0.15) is 24.5 Å². The fourth-order valence-corrected chi connectivity index (χ4v) is 3.20. The van der Waals surface area contributed by atoms with Gasteiger partial charge >= 0.3 is 6.18 Å². The molecule has 31 heavy (non-hydrogen) atoms. The molecule has 9 heteroatoms. The predicted octanol–water partition coefficient (Wildman–Crippen LogP) is 3.43. The third-order valence-corrected chi connectivity index (χ3v) is 4.67. The molecule has 0 aliphatic carbocycles. The molecule has 1 aliphatic heterocycles. The van der Waals surface area contributed by atoms with E-state index in [4.69, 9.17) is 0 Å². The van der Waals surface area contributed by atoms with Crippen molar-refractivity contribution in [1.82, 2.24) is 15.6 Å². The first-order chi connectivity index (χ1) is 14.9. The molecule has 0 radical (unpaired) electrons. The Morgan fingerprint density at radius 2 is 2.03 bits per heavy atom. The van der Waals surface area contributed by atoms with Crippen LogP contribution in [-0.4, -0.2) is 43.2 Å². The van der Waals surface area contributed by atoms with Crippen LogP contribution < -0.4 is 15.5 Å². The molecule has 5 nitrogen and oxygen atoms in total. The number of hydrogen-bond acceptors (Lipinski definition) is 3. The molecule has 3 rings (SSSR count). The van der Waals surface area contributed by atoms with E-state index in [0.29, 0.717) is 37.0 Å². The number of nitrogens with one attached hydrogen (secondary N) is 2. The molecule has 2 N–H and O–H groups in total. The third kappa shape index (κ3) is 6.35. The van der Waals surface area contributed by atoms with Crippen molar-refractivity contribution in [2.24, 2.45) is 4.99 Å². The number of aromatic nitrogens is 1. The molecule has 0 amide bonds. The maximum Gasteiger partial charge on any atom is 0.416 e. The Hall–Kier alpha value is -3.28. The fraction of sp³-hybridized carbons (Fsp3) is 0.364. The van der Waals surface area contributed by atoms with Gasteiger partial charge in [0.2, 0.25) is 0 Å². The van der Waals surface area contributed by atoms with Crippen LogP contribution in [0.15, 0.2) is 47.6 Å². The second kappa shape index (κ2) is 10.2. The van der Waals surface area contributed by atoms with E-state index in [9.17, 15) is 17.6 Å². The van der Waals surface area contributed by atoms with Gasteiger partial charge in [0.25, 0.3) is 0 Å². The van der Waals surface area contributed by atoms with Crippen LogP contribution in [0.4, 0.5) is 23.4 Å². The predicted molar refractivity (Wildman–Crippen MR) is 112 cm³/mol. The van der Waals surface area contributed by atoms with E-state index in [1.807, 2.05) is 11.8 Å². The number of anilines is 1. The highest BCUT2D eigenvalue weighted by atomic mass is 19.4. The van der Waals surface area contributed by atoms with Gasteiger partial charge in [0, 0.05) is 37.4 Å². The smallest absolute Gasteiger partial charge is 0.357 e. The summed E-state index contributed by atoms with van der Waals surface area (Å²) < 4.78 is 51.8. The highest BCUT2D eigenvalue weighted by Gasteiger charge is 2.29. The quantitative estimate of drug-likeness (QED) is 0.336. The van der Waals surface area contributed by atoms with E-state index in [1.165, 1.54) is 18.2 Å². The molecule has 1 aromatic carbocycles. The molecule has 0 bridgehead atoms. The Kier molecular flexibility index (Phi) is 7.34. The summed E-state index contributed by atoms with van der Waals surface area (Å²) >= 11 is 0. The fourth-order valence-electron chi connectivity index (χ4n) is 3.20. The maximum atomic E-state index is 13.9. The van der Waals surface area contributed by atoms with E-state index in [2.05, 4.69) is 32.5 Å². The summed E-state index contributed by atoms with van der Waals surface area (Å²) in [5.41, 5.74) is -0.212. The highest BCUT2D eigenvalue weighted by molar-refractivity contribution is 5.80. The molecule has 2 aromatic rings. The largest absolute Gasteiger partial charge is 0.416 e. The Balaban J connectivity index is 1.56. The molecule has 1 atom stereocenters. The summed E-state index contributed by atoms with van der Waals surface area (Å²) in [6.45, 7) is 4.05. The van der Waals surface area contributed by atoms with Gasteiger partial charge in [-0.15, -0.1) is 0 Å². The van der Waals surface area contributed by atoms with Gasteiger partial charge in [0.05, 0.1) is 5.56 Å². The lowest BCUT2D eigenvalue weighted by Crippen LogP contribution is -2.44. The van der Waals surface area contributed by atoms with Crippen LogP contribution >= 0.6 is 0 Å². The molecular formula is C22H23F4N5. The molecular weight excluding hydrogens is 410 g/mol. The van der Waals surface area contributed by atoms with E-state index in [0.717, 1.165) is 18.6 Å². The van der Waals surface area contributed by atoms with Crippen LogP contribution in [0.5, 0.6) is 0 Å². The molecule has 0 saturated carbocycles. The number of pyridine rings is 1. The van der Waals surface area contributed by atoms with Crippen molar-refractivity contribution in [3.05, 3.63) is 59.5 Å². The summed E-state index contributed by atoms with van der Waals surface area (Å²) in [5.74, 6) is 6.24. The van der Waals surface area contributed by atoms with Gasteiger partial charge in [-0.2, -0.15) is 13.2 Å². The first kappa shape index (κ1) is 22.4. The van der Waals surface area contributed by atoms with Crippen LogP contribution in [-0.2, 0) is 6.18 Å². The number of nitrogens with zero attached hydrogens (tertiary/aromatic N) is 3. The molecule has 164 valence electrons. The van der Waals surface area contributed by atoms with E-state index >= 15 is 0 Å². The molecule has 1 aliphatic rings. The van der Waals surface area contributed by atoms with Crippen molar-refractivity contribution in [1.29, 1.82) is 0 Å². The standard InChI is InChI=1S/C22H23F4N5/c1-2-27-21(29-13-3-5-16-7-9-17(10-8-16)22(24,25)26)30-18-11-14-31(15-18)20-19(23)6-4-12-28-20/h4,6-10,12,18H,2,11,13-15H2,1H3,(H2,27,29,30). The second-order valence-electron chi connectivity index (χ2n) is 6.96. The number of halogens is 4. The van der Waals surface area contributed by atoms with E-state index < -0.39 is 11.7 Å². The Labute approximate surface area is 178 Å². The number of guanidine groups is 1. The lowest BCUT2D eigenvalue weighted by Gasteiger charge is -2.19. The van der Waals surface area contributed by atoms with Crippen molar-refractivity contribution in [3.8, 4) is 11.8 Å². The lowest BCUT2D eigenvalue weighted by molar-refractivity contribution is -0.137. The van der Waals surface area contributed by atoms with Gasteiger partial charge in [-0.3, -0.25) is 0 Å². The van der Waals surface area contributed by atoms with Crippen LogP contribution in [0.2, 0.25) is 0 Å². The van der Waals surface area contributed by atoms with Crippen molar-refractivity contribution in [3.63, 3.8) is 0 Å². The minimum absolute atomic E-state index is 0.0714. The SMILES string of the molecule is CCNC(=NCC#Cc1ccc(C(F)(F)F)cc1)NC1CCN(c2ncccc2F)C1. The van der Waals surface area contributed by atoms with Gasteiger partial charge in [-0.05, 0) is 49.7 Å². The van der Waals surface area contributed by atoms with Crippen molar-refractivity contribution < 1.29 is 17.6 Å². The number of hydrogen-bond donors (Lipinski definition) is 2. The summed E-state index contributed by atoms with van der Waals surface area (Å²) in [5, 5.41) is 6.45. The molecule has 1 saturated heterocycles. The lowest BCUT2D eigenvalue weighted by atomic mass is 10.1. The average molecular weight is 433 g/mol. The van der Waals surface area contributed by atoms with Gasteiger partial charge in [0.15, 0.2) is 17.6 Å². The minimum atomic E-state index is -4.36. The number of alkyl halides is 3. The third-order valence-electron chi connectivity index (χ3n) is 4.67. The normalized spacial score (nSPS) is 16.6. The number of aliphatic imine (C=N–C) groups is 1. The van der Waals surface area contributed by atoms with Crippen molar-refractivity contribution in [2.45, 2.75) is 25.6 Å². The first-order valence-electron chi connectivity index (χ1n) is 9.93. The summed E-state index contributed by atoms with van der Waals surface area (Å²) in [6, 6.07) is 7.72. The Bertz CT molecular complexity index is 960. The topological polar surface area (TPSA) is 52.6 Å². The van der Waals surface area contributed by atoms with Crippen LogP contribution in [0.3, 0.4) is 0 Å². The molecule has 1 unspecified atom stereocenters. The Morgan fingerprint density at radius 3 is 2.71 bits per heavy atom. The van der Waals surface area contributed by atoms with Crippen LogP contribution in [0.25, 0.3) is 0 Å². The van der Waals surface area contributed by atoms with Crippen molar-refractivity contribution in [2.75, 3.05) is 31.1 Å². The van der Waals surface area contributed by atoms with Crippen molar-refractivity contribution >= 4 is 11.8 Å². The molecule has 1 fully saturated rings. The second-order valence-corrected chi connectivity index (χ2v) is 6.96. The maximum absolute atomic E-state index is 13.9. The number of benzene rings is 1. The van der Waals surface area contributed by atoms with E-state index in [-0.39, 0.29) is 18.4 Å². The zero-order valence-electron chi connectivity index (χ0n) is 17.0. The Morgan fingerprint density at radius 1 is 1.26 bits per heavy atom. The summed E-state index contributed by atoms with van der Waals surface area (Å²) in [6.07, 6.45) is -1.99. The summed E-state index contributed by atoms with van der Waals surface area (Å²) in [7, 11) is 0. The summed E-state index contributed by atoms with van der Waals surface area (Å²) in [4.78, 5) is 10.4. The zero-order valence-corrected chi connectivity index (χ0v) is 17.0. The minimum Gasteiger partial charge on any atom is -0.357 e. The average Bonchev–Trinajstić information content (AvgIpc) is 3.19. The van der Waals surface area contributed by atoms with Gasteiger partial charge < -0.3 is 15.5 Å². The molecule has 2 heterocycles. The van der Waals surface area contributed by atoms with Gasteiger partial charge in [-0.25, -0.2) is 14.4 Å². The monoisotopic (exact) mass is 433 g/mol. The highest BCUT2D eigenvalue weighted by Crippen LogP contribution is 2.28. The van der Waals surface area contributed by atoms with Gasteiger partial charge in [0.1, 0.15) is 6.54 Å².